The predicted octanol–water partition coefficient (Wildman–Crippen LogP) is 4.55. The van der Waals surface area contributed by atoms with Crippen LogP contribution in [-0.2, 0) is 16.6 Å². The third kappa shape index (κ3) is 4.56. The second kappa shape index (κ2) is 9.51. The molecule has 2 aromatic carbocycles. The van der Waals surface area contributed by atoms with Crippen molar-refractivity contribution < 1.29 is 32.1 Å². The molecule has 12 heteroatoms. The highest BCUT2D eigenvalue weighted by Gasteiger charge is 2.46. The molecule has 1 amide bonds. The number of nitrogens with zero attached hydrogens (tertiary/aromatic N) is 4. The van der Waals surface area contributed by atoms with Gasteiger partial charge in [-0.1, -0.05) is 78.8 Å². The minimum Gasteiger partial charge on any atom is -0.374 e. The molecule has 2 aromatic heterocycles. The average molecular weight is 511 g/mol. The minimum atomic E-state index is -4.83. The van der Waals surface area contributed by atoms with Gasteiger partial charge in [-0.3, -0.25) is 4.79 Å². The molecule has 0 aliphatic heterocycles. The maximum Gasteiger partial charge on any atom is 0.422 e. The SMILES string of the molecule is CC(C)[C@H](C#N)C(O)(C(N)=O)c1ccc(-c2noc(-c3onc(-c4ccccc4)c3C(F)(F)F)n2)cc1. The lowest BCUT2D eigenvalue weighted by Gasteiger charge is -2.32. The van der Waals surface area contributed by atoms with Crippen LogP contribution in [0.25, 0.3) is 34.3 Å². The van der Waals surface area contributed by atoms with Crippen molar-refractivity contribution in [2.24, 2.45) is 17.6 Å². The maximum atomic E-state index is 13.9. The number of nitriles is 1. The summed E-state index contributed by atoms with van der Waals surface area (Å²) in [6.45, 7) is 3.33. The second-order valence-electron chi connectivity index (χ2n) is 8.58. The molecule has 4 rings (SSSR count). The lowest BCUT2D eigenvalue weighted by Crippen LogP contribution is -2.48. The molecule has 0 aliphatic carbocycles. The molecule has 2 atom stereocenters. The minimum absolute atomic E-state index is 0.0646. The molecule has 0 saturated heterocycles. The third-order valence-corrected chi connectivity index (χ3v) is 5.86. The van der Waals surface area contributed by atoms with Crippen molar-refractivity contribution in [1.82, 2.24) is 15.3 Å². The van der Waals surface area contributed by atoms with Gasteiger partial charge in [0.05, 0.1) is 12.0 Å². The summed E-state index contributed by atoms with van der Waals surface area (Å²) < 4.78 is 51.9. The van der Waals surface area contributed by atoms with Crippen molar-refractivity contribution >= 4 is 5.91 Å². The van der Waals surface area contributed by atoms with Crippen molar-refractivity contribution in [3.8, 4) is 40.4 Å². The number of nitrogens with two attached hydrogens (primary N) is 1. The normalized spacial score (nSPS) is 14.2. The van der Waals surface area contributed by atoms with E-state index in [1.807, 2.05) is 6.07 Å². The fraction of sp³-hybridized carbons (Fsp3) is 0.240. The van der Waals surface area contributed by atoms with Gasteiger partial charge in [0.25, 0.3) is 11.8 Å². The summed E-state index contributed by atoms with van der Waals surface area (Å²) >= 11 is 0. The van der Waals surface area contributed by atoms with Gasteiger partial charge in [-0.15, -0.1) is 0 Å². The Morgan fingerprint density at radius 2 is 1.68 bits per heavy atom. The van der Waals surface area contributed by atoms with E-state index in [0.717, 1.165) is 0 Å². The molecule has 2 heterocycles. The zero-order valence-electron chi connectivity index (χ0n) is 19.5. The van der Waals surface area contributed by atoms with Crippen LogP contribution in [0.5, 0.6) is 0 Å². The Hall–Kier alpha value is -4.50. The highest BCUT2D eigenvalue weighted by Crippen LogP contribution is 2.43. The molecule has 0 radical (unpaired) electrons. The van der Waals surface area contributed by atoms with Crippen LogP contribution in [0.3, 0.4) is 0 Å². The standard InChI is InChI=1S/C25H20F3N5O4/c1-13(2)17(12-29)24(35,23(30)34)16-10-8-15(9-11-16)21-31-22(37-33-21)20-18(25(26,27)28)19(32-36-20)14-6-4-3-5-7-14/h3-11,13,17,35H,1-2H3,(H2,30,34)/t17-,24?/m0/s1. The Morgan fingerprint density at radius 1 is 1.03 bits per heavy atom. The van der Waals surface area contributed by atoms with Gasteiger partial charge >= 0.3 is 6.18 Å². The molecule has 37 heavy (non-hydrogen) atoms. The van der Waals surface area contributed by atoms with Crippen LogP contribution in [0.4, 0.5) is 13.2 Å². The fourth-order valence-corrected chi connectivity index (χ4v) is 4.00. The van der Waals surface area contributed by atoms with Crippen molar-refractivity contribution in [3.05, 3.63) is 65.7 Å². The summed E-state index contributed by atoms with van der Waals surface area (Å²) in [7, 11) is 0. The quantitative estimate of drug-likeness (QED) is 0.367. The van der Waals surface area contributed by atoms with Crippen LogP contribution < -0.4 is 5.73 Å². The zero-order valence-corrected chi connectivity index (χ0v) is 19.5. The van der Waals surface area contributed by atoms with Crippen LogP contribution in [0.1, 0.15) is 25.0 Å². The lowest BCUT2D eigenvalue weighted by atomic mass is 9.75. The zero-order chi connectivity index (χ0) is 27.0. The number of hydrogen-bond acceptors (Lipinski definition) is 8. The molecule has 1 unspecified atom stereocenters. The molecule has 0 aliphatic rings. The topological polar surface area (TPSA) is 152 Å². The van der Waals surface area contributed by atoms with Crippen LogP contribution in [0.15, 0.2) is 63.6 Å². The van der Waals surface area contributed by atoms with Gasteiger partial charge < -0.3 is 19.9 Å². The Bertz CT molecular complexity index is 1460. The number of primary amides is 1. The van der Waals surface area contributed by atoms with Gasteiger partial charge in [0.1, 0.15) is 11.3 Å². The Labute approximate surface area is 208 Å². The van der Waals surface area contributed by atoms with E-state index in [2.05, 4.69) is 15.3 Å². The van der Waals surface area contributed by atoms with Crippen LogP contribution >= 0.6 is 0 Å². The van der Waals surface area contributed by atoms with Crippen molar-refractivity contribution in [2.45, 2.75) is 25.6 Å². The first-order valence-corrected chi connectivity index (χ1v) is 11.0. The smallest absolute Gasteiger partial charge is 0.374 e. The van der Waals surface area contributed by atoms with E-state index in [0.29, 0.717) is 5.56 Å². The van der Waals surface area contributed by atoms with Crippen molar-refractivity contribution in [1.29, 1.82) is 5.26 Å². The van der Waals surface area contributed by atoms with Crippen LogP contribution in [0.2, 0.25) is 0 Å². The number of carbonyl (C=O) groups excluding carboxylic acids is 1. The Balaban J connectivity index is 1.71. The molecule has 0 spiro atoms. The molecule has 0 bridgehead atoms. The number of aliphatic hydroxyl groups is 1. The third-order valence-electron chi connectivity index (χ3n) is 5.86. The first-order valence-electron chi connectivity index (χ1n) is 11.0. The highest BCUT2D eigenvalue weighted by atomic mass is 19.4. The Kier molecular flexibility index (Phi) is 6.58. The molecule has 190 valence electrons. The summed E-state index contributed by atoms with van der Waals surface area (Å²) in [5, 5.41) is 27.8. The molecular weight excluding hydrogens is 491 g/mol. The summed E-state index contributed by atoms with van der Waals surface area (Å²) in [4.78, 5) is 16.2. The van der Waals surface area contributed by atoms with Gasteiger partial charge in [0, 0.05) is 11.1 Å². The number of carbonyl (C=O) groups is 1. The lowest BCUT2D eigenvalue weighted by molar-refractivity contribution is -0.143. The van der Waals surface area contributed by atoms with Gasteiger partial charge in [-0.25, -0.2) is 0 Å². The summed E-state index contributed by atoms with van der Waals surface area (Å²) in [6, 6.07) is 15.2. The van der Waals surface area contributed by atoms with Gasteiger partial charge in [0.15, 0.2) is 5.60 Å². The van der Waals surface area contributed by atoms with Gasteiger partial charge in [-0.05, 0) is 11.5 Å². The maximum absolute atomic E-state index is 13.9. The van der Waals surface area contributed by atoms with Crippen molar-refractivity contribution in [3.63, 3.8) is 0 Å². The van der Waals surface area contributed by atoms with Crippen LogP contribution in [-0.4, -0.2) is 26.3 Å². The summed E-state index contributed by atoms with van der Waals surface area (Å²) in [5.74, 6) is -3.99. The summed E-state index contributed by atoms with van der Waals surface area (Å²) in [5.41, 5.74) is 2.14. The number of amides is 1. The molecule has 9 nitrogen and oxygen atoms in total. The fourth-order valence-electron chi connectivity index (χ4n) is 4.00. The van der Waals surface area contributed by atoms with E-state index in [4.69, 9.17) is 14.8 Å². The van der Waals surface area contributed by atoms with E-state index < -0.39 is 52.4 Å². The first-order chi connectivity index (χ1) is 17.5. The number of benzene rings is 2. The number of alkyl halides is 3. The molecule has 4 aromatic rings. The highest BCUT2D eigenvalue weighted by molar-refractivity contribution is 5.86. The monoisotopic (exact) mass is 511 g/mol. The van der Waals surface area contributed by atoms with Crippen molar-refractivity contribution in [2.75, 3.05) is 0 Å². The second-order valence-corrected chi connectivity index (χ2v) is 8.58. The van der Waals surface area contributed by atoms with Crippen LogP contribution in [0, 0.1) is 23.2 Å². The average Bonchev–Trinajstić information content (AvgIpc) is 3.52. The summed E-state index contributed by atoms with van der Waals surface area (Å²) in [6.07, 6.45) is -4.83. The van der Waals surface area contributed by atoms with E-state index in [1.165, 1.54) is 36.4 Å². The first kappa shape index (κ1) is 25.6. The number of hydrogen-bond donors (Lipinski definition) is 2. The Morgan fingerprint density at radius 3 is 2.22 bits per heavy atom. The number of aromatic nitrogens is 3. The molecule has 0 fully saturated rings. The number of rotatable bonds is 7. The number of halogens is 3. The van der Waals surface area contributed by atoms with E-state index >= 15 is 0 Å². The van der Waals surface area contributed by atoms with Gasteiger partial charge in [0.2, 0.25) is 11.6 Å². The molecular formula is C25H20F3N5O4. The van der Waals surface area contributed by atoms with E-state index in [9.17, 15) is 28.3 Å². The van der Waals surface area contributed by atoms with E-state index in [-0.39, 0.29) is 17.0 Å². The van der Waals surface area contributed by atoms with Gasteiger partial charge in [-0.2, -0.15) is 23.4 Å². The predicted molar refractivity (Wildman–Crippen MR) is 123 cm³/mol. The molecule has 0 saturated carbocycles. The molecule has 3 N–H and O–H groups in total. The van der Waals surface area contributed by atoms with E-state index in [1.54, 1.807) is 32.0 Å². The largest absolute Gasteiger partial charge is 0.422 e.